The van der Waals surface area contributed by atoms with Crippen LogP contribution in [0.2, 0.25) is 0 Å². The van der Waals surface area contributed by atoms with E-state index in [0.29, 0.717) is 4.32 Å². The van der Waals surface area contributed by atoms with Gasteiger partial charge in [-0.1, -0.05) is 30.9 Å². The Morgan fingerprint density at radius 2 is 2.57 bits per heavy atom. The summed E-state index contributed by atoms with van der Waals surface area (Å²) in [6, 6.07) is 2.21. The van der Waals surface area contributed by atoms with Crippen molar-refractivity contribution in [3.8, 4) is 6.07 Å². The van der Waals surface area contributed by atoms with Crippen LogP contribution in [0, 0.1) is 18.3 Å². The fraction of sp³-hybridized carbons (Fsp3) is 0.444. The monoisotopic (exact) mass is 225 g/mol. The third-order valence-electron chi connectivity index (χ3n) is 1.78. The molecule has 0 fully saturated rings. The lowest BCUT2D eigenvalue weighted by atomic mass is 10.4. The zero-order valence-corrected chi connectivity index (χ0v) is 9.73. The molecule has 0 saturated heterocycles. The van der Waals surface area contributed by atoms with Gasteiger partial charge < -0.3 is 0 Å². The Hall–Kier alpha value is -0.860. The molecule has 1 unspecified atom stereocenters. The Morgan fingerprint density at radius 1 is 1.86 bits per heavy atom. The van der Waals surface area contributed by atoms with Gasteiger partial charge in [0.05, 0.1) is 11.3 Å². The van der Waals surface area contributed by atoms with Crippen LogP contribution in [0.1, 0.15) is 19.2 Å². The SMILES string of the molecule is CCC(C#N)SC(=S)n1ccnc1C. The van der Waals surface area contributed by atoms with Crippen LogP contribution >= 0.6 is 24.0 Å². The van der Waals surface area contributed by atoms with Gasteiger partial charge in [0.15, 0.2) is 0 Å². The molecule has 0 bridgehead atoms. The first kappa shape index (κ1) is 11.2. The van der Waals surface area contributed by atoms with E-state index in [1.165, 1.54) is 11.8 Å². The van der Waals surface area contributed by atoms with E-state index in [1.807, 2.05) is 24.6 Å². The molecule has 1 atom stereocenters. The van der Waals surface area contributed by atoms with Gasteiger partial charge in [-0.05, 0) is 13.3 Å². The van der Waals surface area contributed by atoms with Crippen LogP contribution in [0.3, 0.4) is 0 Å². The Bertz CT molecular complexity index is 364. The number of hydrogen-bond acceptors (Lipinski definition) is 4. The van der Waals surface area contributed by atoms with Gasteiger partial charge in [0.2, 0.25) is 0 Å². The molecule has 0 N–H and O–H groups in total. The first-order chi connectivity index (χ1) is 6.69. The normalized spacial score (nSPS) is 12.1. The topological polar surface area (TPSA) is 41.6 Å². The molecule has 1 rings (SSSR count). The predicted molar refractivity (Wildman–Crippen MR) is 62.2 cm³/mol. The molecule has 0 aliphatic heterocycles. The lowest BCUT2D eigenvalue weighted by Gasteiger charge is -2.08. The van der Waals surface area contributed by atoms with Gasteiger partial charge in [-0.15, -0.1) is 0 Å². The molecule has 0 aliphatic carbocycles. The van der Waals surface area contributed by atoms with Crippen molar-refractivity contribution < 1.29 is 0 Å². The van der Waals surface area contributed by atoms with E-state index >= 15 is 0 Å². The molecule has 0 aromatic carbocycles. The Labute approximate surface area is 93.1 Å². The molecular formula is C9H11N3S2. The van der Waals surface area contributed by atoms with Crippen molar-refractivity contribution in [1.82, 2.24) is 9.55 Å². The van der Waals surface area contributed by atoms with Gasteiger partial charge >= 0.3 is 0 Å². The number of aromatic nitrogens is 2. The molecule has 1 aromatic rings. The Balaban J connectivity index is 2.69. The minimum absolute atomic E-state index is 0.0655. The number of rotatable bonds is 2. The highest BCUT2D eigenvalue weighted by molar-refractivity contribution is 8.23. The second kappa shape index (κ2) is 5.13. The van der Waals surface area contributed by atoms with Crippen LogP contribution < -0.4 is 0 Å². The highest BCUT2D eigenvalue weighted by atomic mass is 32.2. The third-order valence-corrected chi connectivity index (χ3v) is 3.39. The molecule has 3 nitrogen and oxygen atoms in total. The highest BCUT2D eigenvalue weighted by Gasteiger charge is 2.11. The number of imidazole rings is 1. The maximum absolute atomic E-state index is 8.79. The van der Waals surface area contributed by atoms with E-state index < -0.39 is 0 Å². The van der Waals surface area contributed by atoms with Gasteiger partial charge in [0, 0.05) is 12.4 Å². The van der Waals surface area contributed by atoms with E-state index in [1.54, 1.807) is 6.20 Å². The first-order valence-electron chi connectivity index (χ1n) is 4.29. The van der Waals surface area contributed by atoms with Crippen molar-refractivity contribution in [2.45, 2.75) is 25.5 Å². The second-order valence-corrected chi connectivity index (χ2v) is 4.59. The molecule has 74 valence electrons. The maximum atomic E-state index is 8.79. The van der Waals surface area contributed by atoms with Crippen LogP contribution in [-0.4, -0.2) is 19.1 Å². The lowest BCUT2D eigenvalue weighted by Crippen LogP contribution is -2.10. The van der Waals surface area contributed by atoms with Crippen LogP contribution in [-0.2, 0) is 0 Å². The van der Waals surface area contributed by atoms with Gasteiger partial charge in [-0.3, -0.25) is 4.57 Å². The maximum Gasteiger partial charge on any atom is 0.147 e. The smallest absolute Gasteiger partial charge is 0.147 e. The van der Waals surface area contributed by atoms with Gasteiger partial charge in [-0.2, -0.15) is 5.26 Å². The molecule has 0 spiro atoms. The Morgan fingerprint density at radius 3 is 3.00 bits per heavy atom. The zero-order valence-electron chi connectivity index (χ0n) is 8.10. The molecular weight excluding hydrogens is 214 g/mol. The third kappa shape index (κ3) is 2.56. The van der Waals surface area contributed by atoms with E-state index in [-0.39, 0.29) is 5.25 Å². The minimum Gasteiger partial charge on any atom is -0.289 e. The molecule has 1 aromatic heterocycles. The van der Waals surface area contributed by atoms with Crippen molar-refractivity contribution >= 4 is 28.3 Å². The molecule has 0 aliphatic rings. The minimum atomic E-state index is -0.0655. The summed E-state index contributed by atoms with van der Waals surface area (Å²) in [5.74, 6) is 0.857. The lowest BCUT2D eigenvalue weighted by molar-refractivity contribution is 0.988. The number of nitriles is 1. The summed E-state index contributed by atoms with van der Waals surface area (Å²) in [5, 5.41) is 8.72. The van der Waals surface area contributed by atoms with E-state index in [9.17, 15) is 0 Å². The summed E-state index contributed by atoms with van der Waals surface area (Å²) in [4.78, 5) is 4.08. The number of thiocarbonyl (C=S) groups is 1. The van der Waals surface area contributed by atoms with Crippen molar-refractivity contribution in [3.63, 3.8) is 0 Å². The second-order valence-electron chi connectivity index (χ2n) is 2.75. The summed E-state index contributed by atoms with van der Waals surface area (Å²) >= 11 is 6.62. The number of aryl methyl sites for hydroxylation is 1. The standard InChI is InChI=1S/C9H11N3S2/c1-3-8(6-10)14-9(13)12-5-4-11-7(12)2/h4-5,8H,3H2,1-2H3. The summed E-state index contributed by atoms with van der Waals surface area (Å²) in [6.07, 6.45) is 4.32. The van der Waals surface area contributed by atoms with Crippen LogP contribution in [0.4, 0.5) is 0 Å². The molecule has 5 heteroatoms. The van der Waals surface area contributed by atoms with Crippen molar-refractivity contribution in [2.24, 2.45) is 0 Å². The average molecular weight is 225 g/mol. The highest BCUT2D eigenvalue weighted by Crippen LogP contribution is 2.17. The van der Waals surface area contributed by atoms with Crippen molar-refractivity contribution in [2.75, 3.05) is 0 Å². The predicted octanol–water partition coefficient (Wildman–Crippen LogP) is 2.36. The average Bonchev–Trinajstić information content (AvgIpc) is 2.60. The molecule has 0 amide bonds. The quantitative estimate of drug-likeness (QED) is 0.725. The van der Waals surface area contributed by atoms with Crippen LogP contribution in [0.15, 0.2) is 12.4 Å². The van der Waals surface area contributed by atoms with Crippen molar-refractivity contribution in [3.05, 3.63) is 18.2 Å². The van der Waals surface area contributed by atoms with E-state index in [2.05, 4.69) is 11.1 Å². The summed E-state index contributed by atoms with van der Waals surface area (Å²) in [5.41, 5.74) is 0. The van der Waals surface area contributed by atoms with Crippen molar-refractivity contribution in [1.29, 1.82) is 5.26 Å². The van der Waals surface area contributed by atoms with E-state index in [4.69, 9.17) is 17.5 Å². The van der Waals surface area contributed by atoms with E-state index in [0.717, 1.165) is 12.2 Å². The van der Waals surface area contributed by atoms with Crippen LogP contribution in [0.5, 0.6) is 0 Å². The van der Waals surface area contributed by atoms with Crippen LogP contribution in [0.25, 0.3) is 0 Å². The largest absolute Gasteiger partial charge is 0.289 e. The Kier molecular flexibility index (Phi) is 4.11. The molecule has 0 radical (unpaired) electrons. The number of nitrogens with zero attached hydrogens (tertiary/aromatic N) is 3. The first-order valence-corrected chi connectivity index (χ1v) is 5.58. The van der Waals surface area contributed by atoms with Gasteiger partial charge in [-0.25, -0.2) is 4.98 Å². The van der Waals surface area contributed by atoms with Gasteiger partial charge in [0.25, 0.3) is 0 Å². The fourth-order valence-electron chi connectivity index (χ4n) is 0.950. The summed E-state index contributed by atoms with van der Waals surface area (Å²) < 4.78 is 2.51. The number of thioether (sulfide) groups is 1. The zero-order chi connectivity index (χ0) is 10.6. The molecule has 14 heavy (non-hydrogen) atoms. The van der Waals surface area contributed by atoms with Gasteiger partial charge in [0.1, 0.15) is 10.1 Å². The number of hydrogen-bond donors (Lipinski definition) is 0. The summed E-state index contributed by atoms with van der Waals surface area (Å²) in [7, 11) is 0. The fourth-order valence-corrected chi connectivity index (χ4v) is 2.26. The molecule has 0 saturated carbocycles. The molecule has 1 heterocycles. The summed E-state index contributed by atoms with van der Waals surface area (Å²) in [6.45, 7) is 3.87.